The standard InChI is InChI=1S/C15H15FN4O2.C2HF3O2/c1-22-14-11-3-6-20(7-4-12(11)18-9-19-14)15(21)10-2-5-17-13(16)8-10;3-2(4,5)1(6)7/h2,5,8-9H,3-4,6-7H2,1H3;(H,6,7). The monoisotopic (exact) mass is 416 g/mol. The first kappa shape index (κ1) is 22.0. The summed E-state index contributed by atoms with van der Waals surface area (Å²) in [5, 5.41) is 7.12. The summed E-state index contributed by atoms with van der Waals surface area (Å²) < 4.78 is 50.2. The Morgan fingerprint density at radius 3 is 2.41 bits per heavy atom. The van der Waals surface area contributed by atoms with Crippen molar-refractivity contribution in [1.82, 2.24) is 19.9 Å². The highest BCUT2D eigenvalue weighted by molar-refractivity contribution is 5.94. The van der Waals surface area contributed by atoms with E-state index in [0.29, 0.717) is 37.4 Å². The molecule has 0 aliphatic carbocycles. The number of halogens is 4. The molecule has 0 aromatic carbocycles. The number of carbonyl (C=O) groups is 2. The minimum Gasteiger partial charge on any atom is -0.481 e. The van der Waals surface area contributed by atoms with Gasteiger partial charge in [0.05, 0.1) is 12.8 Å². The number of pyridine rings is 1. The number of nitrogens with zero attached hydrogens (tertiary/aromatic N) is 4. The predicted octanol–water partition coefficient (Wildman–Crippen LogP) is 1.89. The predicted molar refractivity (Wildman–Crippen MR) is 89.8 cm³/mol. The lowest BCUT2D eigenvalue weighted by atomic mass is 10.1. The maximum absolute atomic E-state index is 13.2. The van der Waals surface area contributed by atoms with Crippen molar-refractivity contribution in [2.75, 3.05) is 20.2 Å². The van der Waals surface area contributed by atoms with E-state index in [9.17, 15) is 22.4 Å². The van der Waals surface area contributed by atoms with Crippen molar-refractivity contribution in [2.24, 2.45) is 0 Å². The van der Waals surface area contributed by atoms with Crippen molar-refractivity contribution in [2.45, 2.75) is 19.0 Å². The molecule has 1 aliphatic heterocycles. The van der Waals surface area contributed by atoms with Gasteiger partial charge in [-0.2, -0.15) is 17.6 Å². The van der Waals surface area contributed by atoms with Crippen LogP contribution in [0.4, 0.5) is 17.6 Å². The van der Waals surface area contributed by atoms with Crippen LogP contribution in [0.3, 0.4) is 0 Å². The van der Waals surface area contributed by atoms with Gasteiger partial charge in [0.15, 0.2) is 0 Å². The normalized spacial score (nSPS) is 13.5. The summed E-state index contributed by atoms with van der Waals surface area (Å²) in [7, 11) is 1.57. The van der Waals surface area contributed by atoms with Crippen molar-refractivity contribution in [3.63, 3.8) is 0 Å². The summed E-state index contributed by atoms with van der Waals surface area (Å²) in [5.41, 5.74) is 2.13. The third-order valence-electron chi connectivity index (χ3n) is 3.94. The van der Waals surface area contributed by atoms with E-state index in [1.54, 1.807) is 12.0 Å². The van der Waals surface area contributed by atoms with Gasteiger partial charge in [0.25, 0.3) is 5.91 Å². The number of carboxylic acids is 1. The first-order valence-corrected chi connectivity index (χ1v) is 8.21. The van der Waals surface area contributed by atoms with E-state index in [2.05, 4.69) is 15.0 Å². The third-order valence-corrected chi connectivity index (χ3v) is 3.94. The minimum atomic E-state index is -5.08. The lowest BCUT2D eigenvalue weighted by molar-refractivity contribution is -0.192. The van der Waals surface area contributed by atoms with Crippen LogP contribution in [0.5, 0.6) is 5.88 Å². The summed E-state index contributed by atoms with van der Waals surface area (Å²) in [6, 6.07) is 2.67. The first-order valence-electron chi connectivity index (χ1n) is 8.21. The Hall–Kier alpha value is -3.31. The molecule has 1 amide bonds. The molecule has 0 atom stereocenters. The van der Waals surface area contributed by atoms with Gasteiger partial charge in [0, 0.05) is 42.9 Å². The molecule has 0 saturated heterocycles. The number of methoxy groups -OCH3 is 1. The van der Waals surface area contributed by atoms with Crippen molar-refractivity contribution in [3.8, 4) is 5.88 Å². The number of amides is 1. The highest BCUT2D eigenvalue weighted by Crippen LogP contribution is 2.22. The van der Waals surface area contributed by atoms with Crippen LogP contribution in [-0.4, -0.2) is 63.2 Å². The average molecular weight is 416 g/mol. The molecule has 8 nitrogen and oxygen atoms in total. The van der Waals surface area contributed by atoms with E-state index in [-0.39, 0.29) is 5.91 Å². The SMILES string of the molecule is COc1ncnc2c1CCN(C(=O)c1ccnc(F)c1)CC2.O=C(O)C(F)(F)F. The molecule has 2 aromatic rings. The fourth-order valence-corrected chi connectivity index (χ4v) is 2.59. The summed E-state index contributed by atoms with van der Waals surface area (Å²) in [6.07, 6.45) is -1.09. The minimum absolute atomic E-state index is 0.207. The van der Waals surface area contributed by atoms with E-state index in [0.717, 1.165) is 17.3 Å². The number of alkyl halides is 3. The molecule has 0 bridgehead atoms. The lowest BCUT2D eigenvalue weighted by Crippen LogP contribution is -2.33. The van der Waals surface area contributed by atoms with Crippen LogP contribution < -0.4 is 4.74 Å². The Balaban J connectivity index is 0.000000370. The second-order valence-electron chi connectivity index (χ2n) is 5.77. The smallest absolute Gasteiger partial charge is 0.481 e. The number of aliphatic carboxylic acids is 1. The molecule has 0 saturated carbocycles. The summed E-state index contributed by atoms with van der Waals surface area (Å²) in [6.45, 7) is 1.04. The number of aromatic nitrogens is 3. The number of carboxylic acid groups (broad SMARTS) is 1. The van der Waals surface area contributed by atoms with Crippen molar-refractivity contribution < 1.29 is 37.0 Å². The van der Waals surface area contributed by atoms with Gasteiger partial charge >= 0.3 is 12.1 Å². The molecule has 1 N–H and O–H groups in total. The van der Waals surface area contributed by atoms with Gasteiger partial charge in [-0.1, -0.05) is 0 Å². The molecule has 156 valence electrons. The second-order valence-corrected chi connectivity index (χ2v) is 5.77. The number of ether oxygens (including phenoxy) is 1. The van der Waals surface area contributed by atoms with Gasteiger partial charge in [0.1, 0.15) is 6.33 Å². The summed E-state index contributed by atoms with van der Waals surface area (Å²) in [5.74, 6) is -3.07. The average Bonchev–Trinajstić information content (AvgIpc) is 2.89. The molecule has 0 fully saturated rings. The van der Waals surface area contributed by atoms with Crippen LogP contribution in [0.1, 0.15) is 21.6 Å². The topological polar surface area (TPSA) is 106 Å². The van der Waals surface area contributed by atoms with Crippen molar-refractivity contribution in [1.29, 1.82) is 0 Å². The zero-order valence-electron chi connectivity index (χ0n) is 15.1. The van der Waals surface area contributed by atoms with E-state index >= 15 is 0 Å². The highest BCUT2D eigenvalue weighted by Gasteiger charge is 2.38. The molecule has 12 heteroatoms. The van der Waals surface area contributed by atoms with E-state index in [1.807, 2.05) is 0 Å². The fourth-order valence-electron chi connectivity index (χ4n) is 2.59. The molecule has 1 aliphatic rings. The molecular formula is C17H16F4N4O4. The van der Waals surface area contributed by atoms with E-state index < -0.39 is 18.1 Å². The zero-order chi connectivity index (χ0) is 21.6. The Kier molecular flexibility index (Phi) is 7.02. The van der Waals surface area contributed by atoms with Crippen LogP contribution in [0.2, 0.25) is 0 Å². The Morgan fingerprint density at radius 1 is 1.17 bits per heavy atom. The van der Waals surface area contributed by atoms with Crippen LogP contribution in [0.15, 0.2) is 24.7 Å². The quantitative estimate of drug-likeness (QED) is 0.589. The number of rotatable bonds is 2. The lowest BCUT2D eigenvalue weighted by Gasteiger charge is -2.20. The highest BCUT2D eigenvalue weighted by atomic mass is 19.4. The molecule has 0 unspecified atom stereocenters. The van der Waals surface area contributed by atoms with Crippen LogP contribution in [0.25, 0.3) is 0 Å². The van der Waals surface area contributed by atoms with Gasteiger partial charge in [-0.05, 0) is 12.5 Å². The summed E-state index contributed by atoms with van der Waals surface area (Å²) >= 11 is 0. The van der Waals surface area contributed by atoms with E-state index in [1.165, 1.54) is 18.6 Å². The van der Waals surface area contributed by atoms with E-state index in [4.69, 9.17) is 14.6 Å². The molecule has 29 heavy (non-hydrogen) atoms. The molecule has 0 radical (unpaired) electrons. The number of hydrogen-bond acceptors (Lipinski definition) is 6. The molecular weight excluding hydrogens is 400 g/mol. The number of hydrogen-bond donors (Lipinski definition) is 1. The van der Waals surface area contributed by atoms with Gasteiger partial charge in [-0.25, -0.2) is 19.7 Å². The molecule has 3 heterocycles. The van der Waals surface area contributed by atoms with Crippen LogP contribution in [-0.2, 0) is 17.6 Å². The van der Waals surface area contributed by atoms with Gasteiger partial charge in [0.2, 0.25) is 11.8 Å². The zero-order valence-corrected chi connectivity index (χ0v) is 15.1. The fraction of sp³-hybridized carbons (Fsp3) is 0.353. The maximum atomic E-state index is 13.2. The Morgan fingerprint density at radius 2 is 1.83 bits per heavy atom. The number of fused-ring (bicyclic) bond motifs is 1. The largest absolute Gasteiger partial charge is 0.490 e. The van der Waals surface area contributed by atoms with Crippen molar-refractivity contribution >= 4 is 11.9 Å². The van der Waals surface area contributed by atoms with Gasteiger partial charge in [-0.3, -0.25) is 4.79 Å². The Labute approximate surface area is 162 Å². The van der Waals surface area contributed by atoms with Gasteiger partial charge < -0.3 is 14.7 Å². The summed E-state index contributed by atoms with van der Waals surface area (Å²) in [4.78, 5) is 34.9. The van der Waals surface area contributed by atoms with Crippen molar-refractivity contribution in [3.05, 3.63) is 47.4 Å². The third kappa shape index (κ3) is 5.83. The first-order chi connectivity index (χ1) is 13.6. The number of carbonyl (C=O) groups excluding carboxylic acids is 1. The maximum Gasteiger partial charge on any atom is 0.490 e. The molecule has 3 rings (SSSR count). The second kappa shape index (κ2) is 9.26. The van der Waals surface area contributed by atoms with Crippen LogP contribution >= 0.6 is 0 Å². The Bertz CT molecular complexity index is 892. The van der Waals surface area contributed by atoms with Crippen LogP contribution in [0, 0.1) is 5.95 Å². The molecule has 2 aromatic heterocycles. The van der Waals surface area contributed by atoms with Gasteiger partial charge in [-0.15, -0.1) is 0 Å². The molecule has 0 spiro atoms.